The number of hydrogen-bond acceptors (Lipinski definition) is 3. The number of pyridine rings is 1. The van der Waals surface area contributed by atoms with Crippen LogP contribution in [-0.4, -0.2) is 34.0 Å². The predicted molar refractivity (Wildman–Crippen MR) is 99.5 cm³/mol. The van der Waals surface area contributed by atoms with Crippen LogP contribution in [0.3, 0.4) is 0 Å². The molecule has 3 rings (SSSR count). The van der Waals surface area contributed by atoms with Crippen LogP contribution in [0.2, 0.25) is 0 Å². The van der Waals surface area contributed by atoms with Crippen molar-refractivity contribution in [2.24, 2.45) is 0 Å². The predicted octanol–water partition coefficient (Wildman–Crippen LogP) is 3.74. The first-order valence-corrected chi connectivity index (χ1v) is 8.47. The number of aryl methyl sites for hydroxylation is 1. The summed E-state index contributed by atoms with van der Waals surface area (Å²) in [7, 11) is 0. The molecule has 1 aromatic heterocycles. The van der Waals surface area contributed by atoms with Crippen molar-refractivity contribution in [3.8, 4) is 0 Å². The Kier molecular flexibility index (Phi) is 5.10. The zero-order chi connectivity index (χ0) is 17.8. The highest BCUT2D eigenvalue weighted by Gasteiger charge is 2.19. The van der Waals surface area contributed by atoms with Gasteiger partial charge in [-0.2, -0.15) is 0 Å². The molecule has 0 bridgehead atoms. The van der Waals surface area contributed by atoms with Crippen LogP contribution < -0.4 is 0 Å². The van der Waals surface area contributed by atoms with Crippen LogP contribution in [0, 0.1) is 6.92 Å². The van der Waals surface area contributed by atoms with Gasteiger partial charge in [-0.05, 0) is 43.7 Å². The van der Waals surface area contributed by atoms with Gasteiger partial charge < -0.3 is 10.0 Å². The molecule has 1 atom stereocenters. The summed E-state index contributed by atoms with van der Waals surface area (Å²) in [5.41, 5.74) is 3.43. The number of likely N-dealkylation sites (N-methyl/N-ethyl adjacent to an activating group) is 1. The maximum absolute atomic E-state index is 12.8. The van der Waals surface area contributed by atoms with Crippen LogP contribution in [0.1, 0.15) is 34.5 Å². The Labute approximate surface area is 147 Å². The van der Waals surface area contributed by atoms with E-state index in [2.05, 4.69) is 4.98 Å². The summed E-state index contributed by atoms with van der Waals surface area (Å²) in [4.78, 5) is 18.8. The fourth-order valence-corrected chi connectivity index (χ4v) is 2.85. The number of aromatic nitrogens is 1. The first kappa shape index (κ1) is 17.1. The van der Waals surface area contributed by atoms with Gasteiger partial charge in [-0.15, -0.1) is 0 Å². The second-order valence-electron chi connectivity index (χ2n) is 6.18. The van der Waals surface area contributed by atoms with Crippen LogP contribution >= 0.6 is 0 Å². The number of benzene rings is 2. The lowest BCUT2D eigenvalue weighted by Crippen LogP contribution is -2.34. The summed E-state index contributed by atoms with van der Waals surface area (Å²) >= 11 is 0. The normalized spacial score (nSPS) is 12.1. The van der Waals surface area contributed by atoms with Crippen LogP contribution in [-0.2, 0) is 0 Å². The van der Waals surface area contributed by atoms with Crippen molar-refractivity contribution < 1.29 is 9.90 Å². The van der Waals surface area contributed by atoms with Gasteiger partial charge in [0.15, 0.2) is 0 Å². The SMILES string of the molecule is CCN(CC(O)c1ccc(C)cc1)C(=O)c1ccc2ncccc2c1. The third-order valence-electron chi connectivity index (χ3n) is 4.37. The van der Waals surface area contributed by atoms with E-state index in [9.17, 15) is 9.90 Å². The van der Waals surface area contributed by atoms with E-state index < -0.39 is 6.10 Å². The third-order valence-corrected chi connectivity index (χ3v) is 4.37. The lowest BCUT2D eigenvalue weighted by atomic mass is 10.1. The highest BCUT2D eigenvalue weighted by Crippen LogP contribution is 2.18. The largest absolute Gasteiger partial charge is 0.387 e. The molecule has 0 aliphatic carbocycles. The Morgan fingerprint density at radius 1 is 1.16 bits per heavy atom. The highest BCUT2D eigenvalue weighted by atomic mass is 16.3. The summed E-state index contributed by atoms with van der Waals surface area (Å²) in [5, 5.41) is 11.4. The molecule has 25 heavy (non-hydrogen) atoms. The molecule has 1 heterocycles. The number of amides is 1. The molecule has 1 unspecified atom stereocenters. The van der Waals surface area contributed by atoms with Crippen molar-refractivity contribution in [3.63, 3.8) is 0 Å². The molecule has 0 fully saturated rings. The Morgan fingerprint density at radius 2 is 1.92 bits per heavy atom. The van der Waals surface area contributed by atoms with Gasteiger partial charge >= 0.3 is 0 Å². The maximum atomic E-state index is 12.8. The second-order valence-corrected chi connectivity index (χ2v) is 6.18. The van der Waals surface area contributed by atoms with E-state index in [1.165, 1.54) is 0 Å². The van der Waals surface area contributed by atoms with E-state index in [4.69, 9.17) is 0 Å². The molecule has 1 amide bonds. The average Bonchev–Trinajstić information content (AvgIpc) is 2.65. The Hall–Kier alpha value is -2.72. The van der Waals surface area contributed by atoms with E-state index in [1.807, 2.05) is 62.4 Å². The monoisotopic (exact) mass is 334 g/mol. The van der Waals surface area contributed by atoms with Crippen molar-refractivity contribution in [1.29, 1.82) is 0 Å². The number of rotatable bonds is 5. The van der Waals surface area contributed by atoms with Gasteiger partial charge in [0.1, 0.15) is 0 Å². The van der Waals surface area contributed by atoms with Crippen molar-refractivity contribution in [2.45, 2.75) is 20.0 Å². The van der Waals surface area contributed by atoms with E-state index >= 15 is 0 Å². The minimum atomic E-state index is -0.702. The molecule has 2 aromatic carbocycles. The number of hydrogen-bond donors (Lipinski definition) is 1. The first-order chi connectivity index (χ1) is 12.1. The number of carbonyl (C=O) groups excluding carboxylic acids is 1. The molecule has 4 nitrogen and oxygen atoms in total. The van der Waals surface area contributed by atoms with Gasteiger partial charge in [-0.1, -0.05) is 35.9 Å². The Morgan fingerprint density at radius 3 is 2.64 bits per heavy atom. The Balaban J connectivity index is 1.78. The van der Waals surface area contributed by atoms with Gasteiger partial charge in [-0.3, -0.25) is 9.78 Å². The molecule has 0 radical (unpaired) electrons. The number of fused-ring (bicyclic) bond motifs is 1. The molecule has 128 valence electrons. The highest BCUT2D eigenvalue weighted by molar-refractivity contribution is 5.97. The van der Waals surface area contributed by atoms with Crippen LogP contribution in [0.25, 0.3) is 10.9 Å². The number of aliphatic hydroxyl groups is 1. The van der Waals surface area contributed by atoms with Gasteiger partial charge in [0, 0.05) is 23.7 Å². The number of nitrogens with zero attached hydrogens (tertiary/aromatic N) is 2. The summed E-state index contributed by atoms with van der Waals surface area (Å²) in [5.74, 6) is -0.0839. The van der Waals surface area contributed by atoms with Crippen LogP contribution in [0.5, 0.6) is 0 Å². The van der Waals surface area contributed by atoms with Gasteiger partial charge in [-0.25, -0.2) is 0 Å². The molecule has 0 aliphatic heterocycles. The molecule has 4 heteroatoms. The van der Waals surface area contributed by atoms with Crippen molar-refractivity contribution >= 4 is 16.8 Å². The van der Waals surface area contributed by atoms with E-state index in [1.54, 1.807) is 17.2 Å². The topological polar surface area (TPSA) is 53.4 Å². The Bertz CT molecular complexity index is 874. The summed E-state index contributed by atoms with van der Waals surface area (Å²) in [6.45, 7) is 4.73. The molecule has 0 spiro atoms. The van der Waals surface area contributed by atoms with E-state index in [0.29, 0.717) is 12.1 Å². The van der Waals surface area contributed by atoms with Crippen molar-refractivity contribution in [1.82, 2.24) is 9.88 Å². The van der Waals surface area contributed by atoms with Crippen molar-refractivity contribution in [3.05, 3.63) is 77.5 Å². The molecular formula is C21H22N2O2. The summed E-state index contributed by atoms with van der Waals surface area (Å²) < 4.78 is 0. The maximum Gasteiger partial charge on any atom is 0.253 e. The second kappa shape index (κ2) is 7.45. The third kappa shape index (κ3) is 3.86. The summed E-state index contributed by atoms with van der Waals surface area (Å²) in [6, 6.07) is 17.0. The van der Waals surface area contributed by atoms with Crippen LogP contribution in [0.15, 0.2) is 60.8 Å². The van der Waals surface area contributed by atoms with Crippen molar-refractivity contribution in [2.75, 3.05) is 13.1 Å². The fraction of sp³-hybridized carbons (Fsp3) is 0.238. The van der Waals surface area contributed by atoms with E-state index in [0.717, 1.165) is 22.0 Å². The standard InChI is InChI=1S/C21H22N2O2/c1-3-23(14-20(24)16-8-6-15(2)7-9-16)21(25)18-10-11-19-17(13-18)5-4-12-22-19/h4-13,20,24H,3,14H2,1-2H3. The van der Waals surface area contributed by atoms with Gasteiger partial charge in [0.05, 0.1) is 18.2 Å². The number of aliphatic hydroxyl groups excluding tert-OH is 1. The first-order valence-electron chi connectivity index (χ1n) is 8.47. The minimum Gasteiger partial charge on any atom is -0.387 e. The molecular weight excluding hydrogens is 312 g/mol. The molecule has 0 saturated carbocycles. The lowest BCUT2D eigenvalue weighted by Gasteiger charge is -2.24. The zero-order valence-corrected chi connectivity index (χ0v) is 14.5. The molecule has 1 N–H and O–H groups in total. The number of carbonyl (C=O) groups is 1. The fourth-order valence-electron chi connectivity index (χ4n) is 2.85. The molecule has 0 saturated heterocycles. The van der Waals surface area contributed by atoms with Gasteiger partial charge in [0.2, 0.25) is 0 Å². The summed E-state index contributed by atoms with van der Waals surface area (Å²) in [6.07, 6.45) is 1.03. The smallest absolute Gasteiger partial charge is 0.253 e. The average molecular weight is 334 g/mol. The molecule has 3 aromatic rings. The minimum absolute atomic E-state index is 0.0839. The van der Waals surface area contributed by atoms with E-state index in [-0.39, 0.29) is 12.5 Å². The van der Waals surface area contributed by atoms with Crippen LogP contribution in [0.4, 0.5) is 0 Å². The lowest BCUT2D eigenvalue weighted by molar-refractivity contribution is 0.0635. The quantitative estimate of drug-likeness (QED) is 0.773. The van der Waals surface area contributed by atoms with Gasteiger partial charge in [0.25, 0.3) is 5.91 Å². The molecule has 0 aliphatic rings. The zero-order valence-electron chi connectivity index (χ0n) is 14.5.